The van der Waals surface area contributed by atoms with Gasteiger partial charge in [0.25, 0.3) is 10.0 Å². The highest BCUT2D eigenvalue weighted by Crippen LogP contribution is 2.25. The fraction of sp³-hybridized carbons (Fsp3) is 0.133. The van der Waals surface area contributed by atoms with Crippen molar-refractivity contribution in [2.75, 3.05) is 17.1 Å². The molecule has 0 atom stereocenters. The first kappa shape index (κ1) is 14.9. The number of rotatable bonds is 3. The Morgan fingerprint density at radius 2 is 1.76 bits per heavy atom. The van der Waals surface area contributed by atoms with Crippen LogP contribution in [0.2, 0.25) is 0 Å². The molecule has 0 saturated heterocycles. The number of benzene rings is 2. The standard InChI is InChI=1S/C15H15N3O2S/c1-11-3-6-14(7-4-11)18(2)21(19,20)15-8-5-13(17)9-12(15)10-16/h3-9H,17H2,1-2H3. The first-order valence-electron chi connectivity index (χ1n) is 6.21. The van der Waals surface area contributed by atoms with Crippen molar-refractivity contribution in [1.82, 2.24) is 0 Å². The van der Waals surface area contributed by atoms with E-state index in [1.807, 2.05) is 25.1 Å². The Morgan fingerprint density at radius 3 is 2.33 bits per heavy atom. The Hall–Kier alpha value is -2.52. The monoisotopic (exact) mass is 301 g/mol. The number of hydrogen-bond acceptors (Lipinski definition) is 4. The van der Waals surface area contributed by atoms with Gasteiger partial charge in [-0.1, -0.05) is 17.7 Å². The number of sulfonamides is 1. The van der Waals surface area contributed by atoms with Gasteiger partial charge in [0.1, 0.15) is 11.0 Å². The van der Waals surface area contributed by atoms with E-state index in [1.165, 1.54) is 25.2 Å². The van der Waals surface area contributed by atoms with Crippen molar-refractivity contribution >= 4 is 21.4 Å². The van der Waals surface area contributed by atoms with Crippen molar-refractivity contribution in [3.05, 3.63) is 53.6 Å². The number of nitrogen functional groups attached to an aromatic ring is 1. The molecule has 0 aliphatic carbocycles. The summed E-state index contributed by atoms with van der Waals surface area (Å²) in [7, 11) is -2.35. The topological polar surface area (TPSA) is 87.2 Å². The molecule has 0 unspecified atom stereocenters. The van der Waals surface area contributed by atoms with Crippen LogP contribution in [0.25, 0.3) is 0 Å². The van der Waals surface area contributed by atoms with Gasteiger partial charge in [-0.05, 0) is 37.3 Å². The molecule has 0 amide bonds. The first-order valence-corrected chi connectivity index (χ1v) is 7.65. The van der Waals surface area contributed by atoms with E-state index in [0.717, 1.165) is 9.87 Å². The predicted octanol–water partition coefficient (Wildman–Crippen LogP) is 2.27. The van der Waals surface area contributed by atoms with Crippen LogP contribution in [0.1, 0.15) is 11.1 Å². The van der Waals surface area contributed by atoms with Crippen LogP contribution in [0.4, 0.5) is 11.4 Å². The molecular weight excluding hydrogens is 286 g/mol. The third-order valence-electron chi connectivity index (χ3n) is 3.16. The molecule has 2 rings (SSSR count). The molecule has 0 heterocycles. The lowest BCUT2D eigenvalue weighted by Gasteiger charge is -2.20. The fourth-order valence-corrected chi connectivity index (χ4v) is 3.22. The lowest BCUT2D eigenvalue weighted by molar-refractivity contribution is 0.594. The SMILES string of the molecule is Cc1ccc(N(C)S(=O)(=O)c2ccc(N)cc2C#N)cc1. The van der Waals surface area contributed by atoms with Gasteiger partial charge in [0.2, 0.25) is 0 Å². The summed E-state index contributed by atoms with van der Waals surface area (Å²) in [4.78, 5) is -0.0534. The van der Waals surface area contributed by atoms with Gasteiger partial charge in [0.05, 0.1) is 11.3 Å². The summed E-state index contributed by atoms with van der Waals surface area (Å²) in [6.45, 7) is 1.92. The average Bonchev–Trinajstić information content (AvgIpc) is 2.46. The largest absolute Gasteiger partial charge is 0.399 e. The van der Waals surface area contributed by atoms with Gasteiger partial charge in [0.15, 0.2) is 0 Å². The maximum absolute atomic E-state index is 12.6. The van der Waals surface area contributed by atoms with E-state index in [1.54, 1.807) is 12.1 Å². The molecule has 2 N–H and O–H groups in total. The second kappa shape index (κ2) is 5.46. The number of aryl methyl sites for hydroxylation is 1. The summed E-state index contributed by atoms with van der Waals surface area (Å²) in [6.07, 6.45) is 0. The third kappa shape index (κ3) is 2.83. The molecule has 0 saturated carbocycles. The van der Waals surface area contributed by atoms with Gasteiger partial charge in [0, 0.05) is 12.7 Å². The molecule has 0 aliphatic rings. The summed E-state index contributed by atoms with van der Waals surface area (Å²) >= 11 is 0. The lowest BCUT2D eigenvalue weighted by atomic mass is 10.2. The summed E-state index contributed by atoms with van der Waals surface area (Å²) in [5.41, 5.74) is 7.54. The molecular formula is C15H15N3O2S. The molecule has 0 aromatic heterocycles. The minimum absolute atomic E-state index is 0.0361. The van der Waals surface area contributed by atoms with Crippen molar-refractivity contribution in [1.29, 1.82) is 5.26 Å². The second-order valence-corrected chi connectivity index (χ2v) is 6.61. The van der Waals surface area contributed by atoms with E-state index in [2.05, 4.69) is 0 Å². The maximum Gasteiger partial charge on any atom is 0.265 e. The minimum Gasteiger partial charge on any atom is -0.399 e. The Bertz CT molecular complexity index is 806. The zero-order valence-electron chi connectivity index (χ0n) is 11.7. The van der Waals surface area contributed by atoms with Crippen LogP contribution in [-0.4, -0.2) is 15.5 Å². The Balaban J connectivity index is 2.52. The van der Waals surface area contributed by atoms with Gasteiger partial charge in [-0.3, -0.25) is 4.31 Å². The predicted molar refractivity (Wildman–Crippen MR) is 82.3 cm³/mol. The minimum atomic E-state index is -3.81. The summed E-state index contributed by atoms with van der Waals surface area (Å²) in [6, 6.07) is 13.1. The van der Waals surface area contributed by atoms with Crippen molar-refractivity contribution in [3.8, 4) is 6.07 Å². The van der Waals surface area contributed by atoms with Gasteiger partial charge < -0.3 is 5.73 Å². The van der Waals surface area contributed by atoms with Crippen molar-refractivity contribution in [2.45, 2.75) is 11.8 Å². The number of nitrogens with two attached hydrogens (primary N) is 1. The molecule has 0 bridgehead atoms. The van der Waals surface area contributed by atoms with Crippen LogP contribution >= 0.6 is 0 Å². The van der Waals surface area contributed by atoms with Crippen LogP contribution in [-0.2, 0) is 10.0 Å². The number of nitrogens with zero attached hydrogens (tertiary/aromatic N) is 2. The average molecular weight is 301 g/mol. The smallest absolute Gasteiger partial charge is 0.265 e. The summed E-state index contributed by atoms with van der Waals surface area (Å²) in [5.74, 6) is 0. The molecule has 0 fully saturated rings. The van der Waals surface area contributed by atoms with Gasteiger partial charge in [-0.15, -0.1) is 0 Å². The van der Waals surface area contributed by atoms with Crippen molar-refractivity contribution in [3.63, 3.8) is 0 Å². The van der Waals surface area contributed by atoms with E-state index < -0.39 is 10.0 Å². The normalized spacial score (nSPS) is 10.9. The zero-order chi connectivity index (χ0) is 15.6. The van der Waals surface area contributed by atoms with Crippen molar-refractivity contribution in [2.24, 2.45) is 0 Å². The highest BCUT2D eigenvalue weighted by Gasteiger charge is 2.24. The quantitative estimate of drug-likeness (QED) is 0.881. The molecule has 0 aliphatic heterocycles. The van der Waals surface area contributed by atoms with Crippen molar-refractivity contribution < 1.29 is 8.42 Å². The number of anilines is 2. The molecule has 0 radical (unpaired) electrons. The Morgan fingerprint density at radius 1 is 1.14 bits per heavy atom. The first-order chi connectivity index (χ1) is 9.86. The third-order valence-corrected chi connectivity index (χ3v) is 5.00. The summed E-state index contributed by atoms with van der Waals surface area (Å²) < 4.78 is 26.4. The van der Waals surface area contributed by atoms with Gasteiger partial charge >= 0.3 is 0 Å². The molecule has 5 nitrogen and oxygen atoms in total. The molecule has 2 aromatic rings. The molecule has 108 valence electrons. The van der Waals surface area contributed by atoms with E-state index >= 15 is 0 Å². The van der Waals surface area contributed by atoms with E-state index in [9.17, 15) is 8.42 Å². The van der Waals surface area contributed by atoms with Crippen LogP contribution in [0.15, 0.2) is 47.4 Å². The highest BCUT2D eigenvalue weighted by atomic mass is 32.2. The zero-order valence-corrected chi connectivity index (χ0v) is 12.6. The van der Waals surface area contributed by atoms with Gasteiger partial charge in [-0.25, -0.2) is 8.42 Å². The van der Waals surface area contributed by atoms with Crippen LogP contribution in [0, 0.1) is 18.3 Å². The maximum atomic E-state index is 12.6. The second-order valence-electron chi connectivity index (χ2n) is 4.68. The van der Waals surface area contributed by atoms with E-state index in [0.29, 0.717) is 11.4 Å². The molecule has 2 aromatic carbocycles. The van der Waals surface area contributed by atoms with Crippen LogP contribution in [0.5, 0.6) is 0 Å². The Labute approximate surface area is 124 Å². The number of hydrogen-bond donors (Lipinski definition) is 1. The summed E-state index contributed by atoms with van der Waals surface area (Å²) in [5, 5.41) is 9.11. The molecule has 21 heavy (non-hydrogen) atoms. The van der Waals surface area contributed by atoms with E-state index in [-0.39, 0.29) is 10.5 Å². The molecule has 0 spiro atoms. The lowest BCUT2D eigenvalue weighted by Crippen LogP contribution is -2.27. The van der Waals surface area contributed by atoms with E-state index in [4.69, 9.17) is 11.0 Å². The highest BCUT2D eigenvalue weighted by molar-refractivity contribution is 7.92. The molecule has 6 heteroatoms. The fourth-order valence-electron chi connectivity index (χ4n) is 1.90. The van der Waals surface area contributed by atoms with Crippen LogP contribution in [0.3, 0.4) is 0 Å². The van der Waals surface area contributed by atoms with Gasteiger partial charge in [-0.2, -0.15) is 5.26 Å². The number of nitriles is 1. The Kier molecular flexibility index (Phi) is 3.87. The van der Waals surface area contributed by atoms with Crippen LogP contribution < -0.4 is 10.0 Å².